The lowest BCUT2D eigenvalue weighted by atomic mass is 9.98. The zero-order valence-corrected chi connectivity index (χ0v) is 13.2. The number of hydrogen-bond donors (Lipinski definition) is 1. The van der Waals surface area contributed by atoms with E-state index in [0.29, 0.717) is 16.3 Å². The maximum atomic E-state index is 14.4. The van der Waals surface area contributed by atoms with Crippen LogP contribution in [0.5, 0.6) is 0 Å². The third-order valence-electron chi connectivity index (χ3n) is 4.36. The van der Waals surface area contributed by atoms with Crippen LogP contribution < -0.4 is 0 Å². The number of fused-ring (bicyclic) bond motifs is 3. The first-order chi connectivity index (χ1) is 12.7. The number of hydrogen-bond acceptors (Lipinski definition) is 0. The summed E-state index contributed by atoms with van der Waals surface area (Å²) in [6.07, 6.45) is -5.58. The van der Waals surface area contributed by atoms with Crippen LogP contribution in [-0.2, 0) is 6.18 Å². The number of halogens is 7. The lowest BCUT2D eigenvalue weighted by Crippen LogP contribution is -2.16. The molecule has 0 saturated carbocycles. The Bertz CT molecular complexity index is 1180. The van der Waals surface area contributed by atoms with E-state index in [1.54, 1.807) is 30.3 Å². The minimum atomic E-state index is -5.58. The van der Waals surface area contributed by atoms with Gasteiger partial charge in [0.1, 0.15) is 5.56 Å². The van der Waals surface area contributed by atoms with Crippen LogP contribution in [0.3, 0.4) is 0 Å². The third kappa shape index (κ3) is 2.47. The first kappa shape index (κ1) is 17.4. The van der Waals surface area contributed by atoms with Gasteiger partial charge >= 0.3 is 6.18 Å². The van der Waals surface area contributed by atoms with Crippen molar-refractivity contribution in [1.29, 1.82) is 0 Å². The molecule has 1 nitrogen and oxygen atoms in total. The largest absolute Gasteiger partial charge is 0.422 e. The van der Waals surface area contributed by atoms with Crippen LogP contribution in [0.2, 0.25) is 0 Å². The van der Waals surface area contributed by atoms with Gasteiger partial charge in [-0.25, -0.2) is 17.6 Å². The summed E-state index contributed by atoms with van der Waals surface area (Å²) in [5.41, 5.74) is -3.34. The molecular formula is C19H8F7N. The minimum absolute atomic E-state index is 0.148. The van der Waals surface area contributed by atoms with Crippen molar-refractivity contribution >= 4 is 21.8 Å². The topological polar surface area (TPSA) is 15.8 Å². The molecule has 138 valence electrons. The highest BCUT2D eigenvalue weighted by molar-refractivity contribution is 6.11. The summed E-state index contributed by atoms with van der Waals surface area (Å²) >= 11 is 0. The van der Waals surface area contributed by atoms with Gasteiger partial charge in [0.15, 0.2) is 23.3 Å². The molecule has 8 heteroatoms. The molecule has 0 aliphatic heterocycles. The second kappa shape index (κ2) is 5.73. The average Bonchev–Trinajstić information content (AvgIpc) is 2.99. The smallest absolute Gasteiger partial charge is 0.354 e. The summed E-state index contributed by atoms with van der Waals surface area (Å²) in [4.78, 5) is 2.88. The monoisotopic (exact) mass is 383 g/mol. The number of para-hydroxylation sites is 2. The van der Waals surface area contributed by atoms with Gasteiger partial charge in [-0.2, -0.15) is 13.2 Å². The fourth-order valence-corrected chi connectivity index (χ4v) is 3.20. The van der Waals surface area contributed by atoms with Crippen LogP contribution in [0.1, 0.15) is 5.56 Å². The van der Waals surface area contributed by atoms with Crippen molar-refractivity contribution in [2.75, 3.05) is 0 Å². The van der Waals surface area contributed by atoms with Gasteiger partial charge in [-0.05, 0) is 6.07 Å². The summed E-state index contributed by atoms with van der Waals surface area (Å²) < 4.78 is 95.1. The minimum Gasteiger partial charge on any atom is -0.354 e. The highest BCUT2D eigenvalue weighted by Crippen LogP contribution is 2.42. The van der Waals surface area contributed by atoms with Crippen molar-refractivity contribution in [3.63, 3.8) is 0 Å². The summed E-state index contributed by atoms with van der Waals surface area (Å²) in [7, 11) is 0. The summed E-state index contributed by atoms with van der Waals surface area (Å²) in [5, 5.41) is 1.19. The van der Waals surface area contributed by atoms with E-state index in [0.717, 1.165) is 0 Å². The zero-order chi connectivity index (χ0) is 19.5. The fraction of sp³-hybridized carbons (Fsp3) is 0.0526. The molecule has 1 N–H and O–H groups in total. The molecule has 4 aromatic rings. The maximum absolute atomic E-state index is 14.4. The Kier molecular flexibility index (Phi) is 3.69. The lowest BCUT2D eigenvalue weighted by molar-refractivity contribution is -0.143. The predicted octanol–water partition coefficient (Wildman–Crippen LogP) is 6.56. The van der Waals surface area contributed by atoms with Gasteiger partial charge in [0.2, 0.25) is 0 Å². The van der Waals surface area contributed by atoms with E-state index in [-0.39, 0.29) is 11.1 Å². The summed E-state index contributed by atoms with van der Waals surface area (Å²) in [6.45, 7) is 0. The van der Waals surface area contributed by atoms with E-state index in [2.05, 4.69) is 4.98 Å². The molecule has 0 fully saturated rings. The Hall–Kier alpha value is -3.03. The van der Waals surface area contributed by atoms with E-state index in [1.807, 2.05) is 0 Å². The molecule has 4 rings (SSSR count). The molecule has 3 aromatic carbocycles. The van der Waals surface area contributed by atoms with E-state index in [4.69, 9.17) is 0 Å². The van der Waals surface area contributed by atoms with Crippen LogP contribution in [0, 0.1) is 23.3 Å². The predicted molar refractivity (Wildman–Crippen MR) is 86.1 cm³/mol. The number of aromatic amines is 1. The van der Waals surface area contributed by atoms with Gasteiger partial charge in [0.05, 0.1) is 11.1 Å². The molecule has 0 radical (unpaired) electrons. The Morgan fingerprint density at radius 3 is 1.89 bits per heavy atom. The summed E-state index contributed by atoms with van der Waals surface area (Å²) in [5.74, 6) is -9.17. The Labute approximate surface area is 147 Å². The maximum Gasteiger partial charge on any atom is 0.422 e. The van der Waals surface area contributed by atoms with Crippen LogP contribution in [-0.4, -0.2) is 4.98 Å². The molecule has 0 bridgehead atoms. The molecular weight excluding hydrogens is 375 g/mol. The molecule has 0 unspecified atom stereocenters. The molecule has 0 atom stereocenters. The van der Waals surface area contributed by atoms with Crippen molar-refractivity contribution < 1.29 is 30.7 Å². The van der Waals surface area contributed by atoms with Crippen molar-refractivity contribution in [2.24, 2.45) is 0 Å². The van der Waals surface area contributed by atoms with Gasteiger partial charge < -0.3 is 4.98 Å². The number of rotatable bonds is 1. The first-order valence-electron chi connectivity index (χ1n) is 7.64. The van der Waals surface area contributed by atoms with Crippen LogP contribution in [0.15, 0.2) is 42.5 Å². The standard InChI is InChI=1S/C19H8F7N/c20-14-12(15(21)17(23)13(16(14)22)19(24,25)26)10-6-3-5-9-8-4-1-2-7-11(8)27-18(9)10/h1-7,27H. The first-order valence-corrected chi connectivity index (χ1v) is 7.64. The Balaban J connectivity index is 2.11. The molecule has 0 amide bonds. The van der Waals surface area contributed by atoms with Crippen LogP contribution in [0.4, 0.5) is 30.7 Å². The molecule has 0 aliphatic rings. The van der Waals surface area contributed by atoms with E-state index < -0.39 is 40.6 Å². The van der Waals surface area contributed by atoms with Gasteiger partial charge in [0.25, 0.3) is 0 Å². The Morgan fingerprint density at radius 1 is 0.667 bits per heavy atom. The van der Waals surface area contributed by atoms with E-state index in [9.17, 15) is 30.7 Å². The number of H-pyrrole nitrogens is 1. The van der Waals surface area contributed by atoms with E-state index in [1.165, 1.54) is 12.1 Å². The fourth-order valence-electron chi connectivity index (χ4n) is 3.20. The average molecular weight is 383 g/mol. The van der Waals surface area contributed by atoms with Gasteiger partial charge in [0, 0.05) is 21.9 Å². The second-order valence-electron chi connectivity index (χ2n) is 5.90. The quantitative estimate of drug-likeness (QED) is 0.283. The molecule has 1 heterocycles. The third-order valence-corrected chi connectivity index (χ3v) is 4.36. The number of benzene rings is 3. The van der Waals surface area contributed by atoms with Crippen molar-refractivity contribution in [1.82, 2.24) is 4.98 Å². The molecule has 0 aliphatic carbocycles. The zero-order valence-electron chi connectivity index (χ0n) is 13.2. The highest BCUT2D eigenvalue weighted by Gasteiger charge is 2.42. The van der Waals surface area contributed by atoms with Crippen LogP contribution >= 0.6 is 0 Å². The Morgan fingerprint density at radius 2 is 1.26 bits per heavy atom. The molecule has 0 saturated heterocycles. The molecule has 27 heavy (non-hydrogen) atoms. The van der Waals surface area contributed by atoms with Crippen molar-refractivity contribution in [3.8, 4) is 11.1 Å². The van der Waals surface area contributed by atoms with Gasteiger partial charge in [-0.3, -0.25) is 0 Å². The van der Waals surface area contributed by atoms with Crippen molar-refractivity contribution in [2.45, 2.75) is 6.18 Å². The lowest BCUT2D eigenvalue weighted by Gasteiger charge is -2.14. The molecule has 0 spiro atoms. The van der Waals surface area contributed by atoms with Gasteiger partial charge in [-0.15, -0.1) is 0 Å². The number of aromatic nitrogens is 1. The molecule has 1 aromatic heterocycles. The van der Waals surface area contributed by atoms with Crippen LogP contribution in [0.25, 0.3) is 32.9 Å². The normalized spacial score (nSPS) is 12.3. The van der Waals surface area contributed by atoms with Crippen molar-refractivity contribution in [3.05, 3.63) is 71.3 Å². The highest BCUT2D eigenvalue weighted by atomic mass is 19.4. The van der Waals surface area contributed by atoms with Gasteiger partial charge in [-0.1, -0.05) is 36.4 Å². The number of nitrogens with one attached hydrogen (secondary N) is 1. The SMILES string of the molecule is Fc1c(F)c(C(F)(F)F)c(F)c(F)c1-c1cccc2c1[nH]c1ccccc12. The van der Waals surface area contributed by atoms with E-state index >= 15 is 0 Å². The summed E-state index contributed by atoms with van der Waals surface area (Å²) in [6, 6.07) is 11.0. The number of alkyl halides is 3. The second-order valence-corrected chi connectivity index (χ2v) is 5.90.